The van der Waals surface area contributed by atoms with Gasteiger partial charge in [0.15, 0.2) is 5.16 Å². The van der Waals surface area contributed by atoms with Gasteiger partial charge in [-0.1, -0.05) is 55.9 Å². The Morgan fingerprint density at radius 1 is 1.12 bits per heavy atom. The SMILES string of the molecule is CC(C)C(C)NC(=O)c1ccccc1CSc1nc2ccccc2[nH]1. The molecule has 3 rings (SSSR count). The zero-order chi connectivity index (χ0) is 17.8. The number of benzene rings is 2. The Hall–Kier alpha value is -2.27. The van der Waals surface area contributed by atoms with Gasteiger partial charge in [0, 0.05) is 17.4 Å². The summed E-state index contributed by atoms with van der Waals surface area (Å²) in [7, 11) is 0. The van der Waals surface area contributed by atoms with Crippen molar-refractivity contribution in [2.75, 3.05) is 0 Å². The second-order valence-electron chi connectivity index (χ2n) is 6.51. The molecule has 1 atom stereocenters. The largest absolute Gasteiger partial charge is 0.349 e. The maximum Gasteiger partial charge on any atom is 0.251 e. The van der Waals surface area contributed by atoms with Crippen molar-refractivity contribution in [1.29, 1.82) is 0 Å². The van der Waals surface area contributed by atoms with Crippen LogP contribution in [0.3, 0.4) is 0 Å². The summed E-state index contributed by atoms with van der Waals surface area (Å²) in [4.78, 5) is 20.5. The molecule has 3 aromatic rings. The summed E-state index contributed by atoms with van der Waals surface area (Å²) in [6, 6.07) is 15.9. The van der Waals surface area contributed by atoms with Crippen LogP contribution in [0.15, 0.2) is 53.7 Å². The monoisotopic (exact) mass is 353 g/mol. The Morgan fingerprint density at radius 3 is 2.60 bits per heavy atom. The van der Waals surface area contributed by atoms with E-state index in [-0.39, 0.29) is 11.9 Å². The molecule has 1 amide bonds. The number of carbonyl (C=O) groups is 1. The zero-order valence-electron chi connectivity index (χ0n) is 14.7. The van der Waals surface area contributed by atoms with E-state index in [2.05, 4.69) is 29.1 Å². The lowest BCUT2D eigenvalue weighted by Gasteiger charge is -2.18. The lowest BCUT2D eigenvalue weighted by Crippen LogP contribution is -2.36. The summed E-state index contributed by atoms with van der Waals surface area (Å²) in [6.45, 7) is 6.25. The fourth-order valence-corrected chi connectivity index (χ4v) is 3.35. The highest BCUT2D eigenvalue weighted by Crippen LogP contribution is 2.24. The minimum atomic E-state index is -0.0120. The first-order chi connectivity index (χ1) is 12.0. The van der Waals surface area contributed by atoms with Gasteiger partial charge in [0.25, 0.3) is 5.91 Å². The smallest absolute Gasteiger partial charge is 0.251 e. The molecule has 25 heavy (non-hydrogen) atoms. The lowest BCUT2D eigenvalue weighted by molar-refractivity contribution is 0.0930. The number of nitrogens with one attached hydrogen (secondary N) is 2. The Bertz CT molecular complexity index is 839. The maximum absolute atomic E-state index is 12.6. The van der Waals surface area contributed by atoms with Crippen LogP contribution in [0.25, 0.3) is 11.0 Å². The van der Waals surface area contributed by atoms with Gasteiger partial charge in [-0.25, -0.2) is 4.98 Å². The predicted molar refractivity (Wildman–Crippen MR) is 104 cm³/mol. The molecule has 4 nitrogen and oxygen atoms in total. The molecular weight excluding hydrogens is 330 g/mol. The van der Waals surface area contributed by atoms with Gasteiger partial charge in [0.05, 0.1) is 11.0 Å². The molecule has 0 bridgehead atoms. The van der Waals surface area contributed by atoms with Crippen molar-refractivity contribution >= 4 is 28.7 Å². The molecular formula is C20H23N3OS. The van der Waals surface area contributed by atoms with Crippen molar-refractivity contribution in [1.82, 2.24) is 15.3 Å². The van der Waals surface area contributed by atoms with E-state index in [4.69, 9.17) is 0 Å². The van der Waals surface area contributed by atoms with E-state index in [1.807, 2.05) is 55.5 Å². The Morgan fingerprint density at radius 2 is 1.84 bits per heavy atom. The molecule has 5 heteroatoms. The van der Waals surface area contributed by atoms with E-state index in [0.29, 0.717) is 11.7 Å². The third kappa shape index (κ3) is 4.23. The number of hydrogen-bond acceptors (Lipinski definition) is 3. The van der Waals surface area contributed by atoms with Gasteiger partial charge < -0.3 is 10.3 Å². The molecule has 0 aliphatic carbocycles. The number of rotatable bonds is 6. The predicted octanol–water partition coefficient (Wildman–Crippen LogP) is 4.63. The number of nitrogens with zero attached hydrogens (tertiary/aromatic N) is 1. The van der Waals surface area contributed by atoms with Crippen LogP contribution in [0.1, 0.15) is 36.7 Å². The van der Waals surface area contributed by atoms with Gasteiger partial charge in [0.2, 0.25) is 0 Å². The molecule has 0 aliphatic rings. The van der Waals surface area contributed by atoms with E-state index in [1.165, 1.54) is 0 Å². The lowest BCUT2D eigenvalue weighted by atomic mass is 10.0. The number of carbonyl (C=O) groups excluding carboxylic acids is 1. The summed E-state index contributed by atoms with van der Waals surface area (Å²) in [6.07, 6.45) is 0. The van der Waals surface area contributed by atoms with Crippen molar-refractivity contribution < 1.29 is 4.79 Å². The van der Waals surface area contributed by atoms with Crippen LogP contribution >= 0.6 is 11.8 Å². The minimum Gasteiger partial charge on any atom is -0.349 e. The fraction of sp³-hybridized carbons (Fsp3) is 0.300. The molecule has 0 saturated heterocycles. The topological polar surface area (TPSA) is 57.8 Å². The Labute approximate surface area is 152 Å². The van der Waals surface area contributed by atoms with Crippen LogP contribution in [0.2, 0.25) is 0 Å². The second kappa shape index (κ2) is 7.74. The van der Waals surface area contributed by atoms with Gasteiger partial charge in [0.1, 0.15) is 0 Å². The second-order valence-corrected chi connectivity index (χ2v) is 7.48. The highest BCUT2D eigenvalue weighted by atomic mass is 32.2. The standard InChI is InChI=1S/C20H23N3OS/c1-13(2)14(3)21-19(24)16-9-5-4-8-15(16)12-25-20-22-17-10-6-7-11-18(17)23-20/h4-11,13-14H,12H2,1-3H3,(H,21,24)(H,22,23). The van der Waals surface area contributed by atoms with Gasteiger partial charge in [-0.3, -0.25) is 4.79 Å². The summed E-state index contributed by atoms with van der Waals surface area (Å²) in [5, 5.41) is 3.95. The molecule has 2 aromatic carbocycles. The number of H-pyrrole nitrogens is 1. The Balaban J connectivity index is 1.73. The third-order valence-electron chi connectivity index (χ3n) is 4.35. The quantitative estimate of drug-likeness (QED) is 0.635. The maximum atomic E-state index is 12.6. The number of aromatic nitrogens is 2. The van der Waals surface area contributed by atoms with Gasteiger partial charge >= 0.3 is 0 Å². The summed E-state index contributed by atoms with van der Waals surface area (Å²) >= 11 is 1.61. The number of para-hydroxylation sites is 2. The van der Waals surface area contributed by atoms with Crippen LogP contribution < -0.4 is 5.32 Å². The van der Waals surface area contributed by atoms with Crippen molar-refractivity contribution in [3.05, 3.63) is 59.7 Å². The van der Waals surface area contributed by atoms with Crippen molar-refractivity contribution in [3.8, 4) is 0 Å². The molecule has 1 heterocycles. The molecule has 130 valence electrons. The highest BCUT2D eigenvalue weighted by molar-refractivity contribution is 7.98. The fourth-order valence-electron chi connectivity index (χ4n) is 2.46. The molecule has 0 fully saturated rings. The highest BCUT2D eigenvalue weighted by Gasteiger charge is 2.15. The first-order valence-electron chi connectivity index (χ1n) is 8.51. The number of aromatic amines is 1. The van der Waals surface area contributed by atoms with Crippen molar-refractivity contribution in [3.63, 3.8) is 0 Å². The zero-order valence-corrected chi connectivity index (χ0v) is 15.6. The number of thioether (sulfide) groups is 1. The van der Waals surface area contributed by atoms with E-state index < -0.39 is 0 Å². The average Bonchev–Trinajstić information content (AvgIpc) is 3.03. The van der Waals surface area contributed by atoms with Crippen molar-refractivity contribution in [2.45, 2.75) is 37.7 Å². The summed E-state index contributed by atoms with van der Waals surface area (Å²) < 4.78 is 0. The first-order valence-corrected chi connectivity index (χ1v) is 9.49. The van der Waals surface area contributed by atoms with Gasteiger partial charge in [-0.2, -0.15) is 0 Å². The van der Waals surface area contributed by atoms with Crippen LogP contribution in [0.5, 0.6) is 0 Å². The third-order valence-corrected chi connectivity index (χ3v) is 5.27. The van der Waals surface area contributed by atoms with Crippen LogP contribution in [-0.4, -0.2) is 21.9 Å². The summed E-state index contributed by atoms with van der Waals surface area (Å²) in [5.74, 6) is 1.09. The first kappa shape index (κ1) is 17.5. The molecule has 1 unspecified atom stereocenters. The number of amides is 1. The Kier molecular flexibility index (Phi) is 5.43. The van der Waals surface area contributed by atoms with Crippen LogP contribution in [-0.2, 0) is 5.75 Å². The molecule has 0 radical (unpaired) electrons. The molecule has 2 N–H and O–H groups in total. The van der Waals surface area contributed by atoms with Gasteiger partial charge in [-0.15, -0.1) is 0 Å². The normalized spacial score (nSPS) is 12.5. The average molecular weight is 353 g/mol. The van der Waals surface area contributed by atoms with Crippen molar-refractivity contribution in [2.24, 2.45) is 5.92 Å². The van der Waals surface area contributed by atoms with E-state index >= 15 is 0 Å². The number of fused-ring (bicyclic) bond motifs is 1. The molecule has 0 saturated carbocycles. The minimum absolute atomic E-state index is 0.0120. The van der Waals surface area contributed by atoms with E-state index in [0.717, 1.165) is 27.3 Å². The van der Waals surface area contributed by atoms with E-state index in [9.17, 15) is 4.79 Å². The van der Waals surface area contributed by atoms with E-state index in [1.54, 1.807) is 11.8 Å². The number of hydrogen-bond donors (Lipinski definition) is 2. The van der Waals surface area contributed by atoms with Gasteiger partial charge in [-0.05, 0) is 36.6 Å². The number of imidazole rings is 1. The molecule has 0 spiro atoms. The summed E-state index contributed by atoms with van der Waals surface area (Å²) in [5.41, 5.74) is 3.74. The molecule has 0 aliphatic heterocycles. The van der Waals surface area contributed by atoms with Crippen LogP contribution in [0, 0.1) is 5.92 Å². The van der Waals surface area contributed by atoms with Crippen LogP contribution in [0.4, 0.5) is 0 Å². The molecule has 1 aromatic heterocycles.